The Hall–Kier alpha value is -1.74. The van der Waals surface area contributed by atoms with Crippen LogP contribution in [0.4, 0.5) is 0 Å². The van der Waals surface area contributed by atoms with E-state index >= 15 is 0 Å². The van der Waals surface area contributed by atoms with Crippen LogP contribution in [-0.2, 0) is 0 Å². The highest BCUT2D eigenvalue weighted by molar-refractivity contribution is 5.89. The Morgan fingerprint density at radius 2 is 1.87 bits per heavy atom. The minimum atomic E-state index is 0.905. The molecule has 0 fully saturated rings. The molecule has 0 unspecified atom stereocenters. The lowest BCUT2D eigenvalue weighted by molar-refractivity contribution is 1.28. The van der Waals surface area contributed by atoms with Gasteiger partial charge in [0.1, 0.15) is 0 Å². The molecule has 2 aromatic carbocycles. The molecular formula is C15H14. The number of aryl methyl sites for hydroxylation is 1. The fraction of sp³-hybridized carbons (Fsp3) is 0.200. The van der Waals surface area contributed by atoms with Crippen molar-refractivity contribution in [3.05, 3.63) is 47.5 Å². The number of hydrogen-bond donors (Lipinski definition) is 0. The van der Waals surface area contributed by atoms with Crippen LogP contribution in [0.25, 0.3) is 10.8 Å². The van der Waals surface area contributed by atoms with Gasteiger partial charge in [-0.05, 0) is 23.3 Å². The molecule has 0 heteroatoms. The van der Waals surface area contributed by atoms with Crippen LogP contribution in [0.2, 0.25) is 0 Å². The molecule has 0 radical (unpaired) electrons. The summed E-state index contributed by atoms with van der Waals surface area (Å²) < 4.78 is 0. The van der Waals surface area contributed by atoms with Gasteiger partial charge in [0.15, 0.2) is 0 Å². The second-order valence-corrected chi connectivity index (χ2v) is 3.63. The van der Waals surface area contributed by atoms with Gasteiger partial charge >= 0.3 is 0 Å². The third-order valence-corrected chi connectivity index (χ3v) is 2.53. The van der Waals surface area contributed by atoms with E-state index in [-0.39, 0.29) is 0 Å². The Morgan fingerprint density at radius 1 is 1.07 bits per heavy atom. The first-order valence-electron chi connectivity index (χ1n) is 5.30. The summed E-state index contributed by atoms with van der Waals surface area (Å²) in [4.78, 5) is 0. The van der Waals surface area contributed by atoms with E-state index in [0.29, 0.717) is 0 Å². The van der Waals surface area contributed by atoms with Crippen molar-refractivity contribution in [2.75, 3.05) is 0 Å². The predicted octanol–water partition coefficient (Wildman–Crippen LogP) is 3.91. The van der Waals surface area contributed by atoms with Gasteiger partial charge in [0.25, 0.3) is 0 Å². The molecule has 0 aliphatic heterocycles. The van der Waals surface area contributed by atoms with Crippen LogP contribution in [-0.4, -0.2) is 0 Å². The average Bonchev–Trinajstić information content (AvgIpc) is 2.28. The molecule has 0 saturated carbocycles. The maximum absolute atomic E-state index is 3.26. The first-order chi connectivity index (χ1) is 7.33. The third-order valence-electron chi connectivity index (χ3n) is 2.53. The minimum absolute atomic E-state index is 0.905. The molecule has 0 aliphatic carbocycles. The Bertz CT molecular complexity index is 539. The Labute approximate surface area is 90.9 Å². The summed E-state index contributed by atoms with van der Waals surface area (Å²) in [6, 6.07) is 12.7. The van der Waals surface area contributed by atoms with Gasteiger partial charge in [-0.15, -0.1) is 0 Å². The van der Waals surface area contributed by atoms with Crippen molar-refractivity contribution < 1.29 is 0 Å². The Kier molecular flexibility index (Phi) is 2.74. The van der Waals surface area contributed by atoms with Gasteiger partial charge < -0.3 is 0 Å². The molecule has 2 aromatic rings. The van der Waals surface area contributed by atoms with Gasteiger partial charge in [-0.2, -0.15) is 0 Å². The van der Waals surface area contributed by atoms with E-state index in [0.717, 1.165) is 6.42 Å². The summed E-state index contributed by atoms with van der Waals surface area (Å²) in [5.74, 6) is 6.40. The quantitative estimate of drug-likeness (QED) is 0.558. The molecule has 0 aliphatic rings. The van der Waals surface area contributed by atoms with Gasteiger partial charge in [-0.3, -0.25) is 0 Å². The summed E-state index contributed by atoms with van der Waals surface area (Å²) in [5.41, 5.74) is 2.43. The number of benzene rings is 2. The number of hydrogen-bond acceptors (Lipinski definition) is 0. The largest absolute Gasteiger partial charge is 0.0982 e. The average molecular weight is 194 g/mol. The zero-order chi connectivity index (χ0) is 10.7. The topological polar surface area (TPSA) is 0 Å². The molecule has 0 saturated heterocycles. The third kappa shape index (κ3) is 1.87. The van der Waals surface area contributed by atoms with E-state index in [1.165, 1.54) is 21.9 Å². The van der Waals surface area contributed by atoms with E-state index in [1.54, 1.807) is 0 Å². The highest BCUT2D eigenvalue weighted by Gasteiger charge is 2.00. The molecule has 0 nitrogen and oxygen atoms in total. The molecule has 15 heavy (non-hydrogen) atoms. The minimum Gasteiger partial charge on any atom is -0.0982 e. The van der Waals surface area contributed by atoms with E-state index in [9.17, 15) is 0 Å². The summed E-state index contributed by atoms with van der Waals surface area (Å²) in [7, 11) is 0. The van der Waals surface area contributed by atoms with Crippen molar-refractivity contribution in [1.82, 2.24) is 0 Å². The van der Waals surface area contributed by atoms with Crippen LogP contribution in [0, 0.1) is 18.8 Å². The standard InChI is InChI=1S/C15H14/c1-3-4-8-14-12(2)10-11-13-7-5-6-9-15(13)14/h5-7,9-11H,3H2,1-2H3. The molecule has 0 heterocycles. The molecule has 74 valence electrons. The SMILES string of the molecule is CCC#Cc1c(C)ccc2ccccc12. The molecule has 0 atom stereocenters. The summed E-state index contributed by atoms with van der Waals surface area (Å²) in [6.45, 7) is 4.19. The van der Waals surface area contributed by atoms with Crippen LogP contribution in [0.5, 0.6) is 0 Å². The predicted molar refractivity (Wildman–Crippen MR) is 65.9 cm³/mol. The van der Waals surface area contributed by atoms with Crippen LogP contribution >= 0.6 is 0 Å². The van der Waals surface area contributed by atoms with Gasteiger partial charge in [0.05, 0.1) is 0 Å². The molecular weight excluding hydrogens is 180 g/mol. The normalized spacial score (nSPS) is 9.73. The molecule has 0 bridgehead atoms. The Balaban J connectivity index is 2.74. The maximum atomic E-state index is 3.26. The van der Waals surface area contributed by atoms with E-state index in [1.807, 2.05) is 0 Å². The number of rotatable bonds is 0. The van der Waals surface area contributed by atoms with Crippen molar-refractivity contribution in [3.8, 4) is 11.8 Å². The van der Waals surface area contributed by atoms with Crippen molar-refractivity contribution in [1.29, 1.82) is 0 Å². The first kappa shape index (κ1) is 9.80. The van der Waals surface area contributed by atoms with Crippen LogP contribution in [0.3, 0.4) is 0 Å². The van der Waals surface area contributed by atoms with Crippen molar-refractivity contribution in [2.24, 2.45) is 0 Å². The van der Waals surface area contributed by atoms with Gasteiger partial charge in [0, 0.05) is 12.0 Å². The van der Waals surface area contributed by atoms with Crippen LogP contribution in [0.15, 0.2) is 36.4 Å². The van der Waals surface area contributed by atoms with Gasteiger partial charge in [-0.1, -0.05) is 55.2 Å². The van der Waals surface area contributed by atoms with Gasteiger partial charge in [0.2, 0.25) is 0 Å². The zero-order valence-corrected chi connectivity index (χ0v) is 9.17. The van der Waals surface area contributed by atoms with Crippen molar-refractivity contribution in [2.45, 2.75) is 20.3 Å². The molecule has 0 aromatic heterocycles. The van der Waals surface area contributed by atoms with Gasteiger partial charge in [-0.25, -0.2) is 0 Å². The van der Waals surface area contributed by atoms with Crippen LogP contribution in [0.1, 0.15) is 24.5 Å². The molecule has 0 spiro atoms. The highest BCUT2D eigenvalue weighted by Crippen LogP contribution is 2.21. The Morgan fingerprint density at radius 3 is 2.67 bits per heavy atom. The summed E-state index contributed by atoms with van der Waals surface area (Å²) in [5, 5.41) is 2.53. The van der Waals surface area contributed by atoms with Crippen molar-refractivity contribution in [3.63, 3.8) is 0 Å². The highest BCUT2D eigenvalue weighted by atomic mass is 14.0. The van der Waals surface area contributed by atoms with Crippen molar-refractivity contribution >= 4 is 10.8 Å². The summed E-state index contributed by atoms with van der Waals surface area (Å²) in [6.07, 6.45) is 0.905. The fourth-order valence-electron chi connectivity index (χ4n) is 1.72. The zero-order valence-electron chi connectivity index (χ0n) is 9.17. The summed E-state index contributed by atoms with van der Waals surface area (Å²) >= 11 is 0. The fourth-order valence-corrected chi connectivity index (χ4v) is 1.72. The maximum Gasteiger partial charge on any atom is 0.0352 e. The monoisotopic (exact) mass is 194 g/mol. The smallest absolute Gasteiger partial charge is 0.0352 e. The van der Waals surface area contributed by atoms with Crippen LogP contribution < -0.4 is 0 Å². The second kappa shape index (κ2) is 4.19. The van der Waals surface area contributed by atoms with E-state index < -0.39 is 0 Å². The van der Waals surface area contributed by atoms with E-state index in [4.69, 9.17) is 0 Å². The molecule has 0 N–H and O–H groups in total. The number of fused-ring (bicyclic) bond motifs is 1. The lowest BCUT2D eigenvalue weighted by Gasteiger charge is -2.03. The molecule has 0 amide bonds. The second-order valence-electron chi connectivity index (χ2n) is 3.63. The lowest BCUT2D eigenvalue weighted by Crippen LogP contribution is -1.84. The first-order valence-corrected chi connectivity index (χ1v) is 5.30. The van der Waals surface area contributed by atoms with E-state index in [2.05, 4.69) is 62.1 Å². The lowest BCUT2D eigenvalue weighted by atomic mass is 10.00. The molecule has 2 rings (SSSR count).